The van der Waals surface area contributed by atoms with Crippen LogP contribution in [0.3, 0.4) is 0 Å². The summed E-state index contributed by atoms with van der Waals surface area (Å²) in [5.41, 5.74) is 1.28. The summed E-state index contributed by atoms with van der Waals surface area (Å²) in [5.74, 6) is 0.117. The highest BCUT2D eigenvalue weighted by Gasteiger charge is 2.54. The van der Waals surface area contributed by atoms with Crippen LogP contribution in [-0.4, -0.2) is 53.5 Å². The number of hydrogen-bond donors (Lipinski definition) is 1. The fourth-order valence-electron chi connectivity index (χ4n) is 4.16. The molecule has 0 bridgehead atoms. The second-order valence-electron chi connectivity index (χ2n) is 7.53. The van der Waals surface area contributed by atoms with Crippen LogP contribution >= 0.6 is 0 Å². The Kier molecular flexibility index (Phi) is 5.28. The average Bonchev–Trinajstić information content (AvgIpc) is 3.16. The Balaban J connectivity index is 1.31. The lowest BCUT2D eigenvalue weighted by Crippen LogP contribution is -2.66. The Morgan fingerprint density at radius 1 is 1.24 bits per heavy atom. The van der Waals surface area contributed by atoms with Crippen molar-refractivity contribution in [3.63, 3.8) is 0 Å². The van der Waals surface area contributed by atoms with Gasteiger partial charge in [-0.25, -0.2) is 0 Å². The van der Waals surface area contributed by atoms with E-state index in [4.69, 9.17) is 10.00 Å². The summed E-state index contributed by atoms with van der Waals surface area (Å²) in [5, 5.41) is 12.0. The number of nitrogens with one attached hydrogen (secondary N) is 1. The zero-order chi connectivity index (χ0) is 20.3. The van der Waals surface area contributed by atoms with Crippen molar-refractivity contribution in [2.24, 2.45) is 5.92 Å². The average molecular weight is 390 g/mol. The number of rotatable bonds is 5. The zero-order valence-electron chi connectivity index (χ0n) is 16.0. The van der Waals surface area contributed by atoms with E-state index in [1.165, 1.54) is 0 Å². The van der Waals surface area contributed by atoms with Crippen LogP contribution in [-0.2, 0) is 4.74 Å². The Morgan fingerprint density at radius 2 is 2.03 bits per heavy atom. The summed E-state index contributed by atoms with van der Waals surface area (Å²) in [7, 11) is 0. The molecule has 29 heavy (non-hydrogen) atoms. The fourth-order valence-corrected chi connectivity index (χ4v) is 4.16. The van der Waals surface area contributed by atoms with Crippen LogP contribution < -0.4 is 5.32 Å². The van der Waals surface area contributed by atoms with Crippen LogP contribution in [0.25, 0.3) is 0 Å². The maximum atomic E-state index is 12.7. The Bertz CT molecular complexity index is 948. The number of benzene rings is 1. The summed E-state index contributed by atoms with van der Waals surface area (Å²) < 4.78 is 6.03. The predicted molar refractivity (Wildman–Crippen MR) is 105 cm³/mol. The molecule has 7 nitrogen and oxygen atoms in total. The van der Waals surface area contributed by atoms with Gasteiger partial charge in [-0.1, -0.05) is 6.07 Å². The maximum Gasteiger partial charge on any atom is 0.254 e. The van der Waals surface area contributed by atoms with Crippen LogP contribution in [0.15, 0.2) is 48.8 Å². The molecule has 1 spiro atoms. The van der Waals surface area contributed by atoms with Gasteiger partial charge < -0.3 is 15.0 Å². The van der Waals surface area contributed by atoms with E-state index in [1.54, 1.807) is 53.7 Å². The van der Waals surface area contributed by atoms with Crippen molar-refractivity contribution >= 4 is 11.8 Å². The Morgan fingerprint density at radius 3 is 2.79 bits per heavy atom. The molecule has 2 fully saturated rings. The highest BCUT2D eigenvalue weighted by molar-refractivity contribution is 5.95. The SMILES string of the molecule is N#Cc1cccc(C(=O)N2CC3(C2)OCCC3CCNC(=O)c2ccncc2)c1. The third-order valence-corrected chi connectivity index (χ3v) is 5.76. The maximum absolute atomic E-state index is 12.7. The number of nitriles is 1. The lowest BCUT2D eigenvalue weighted by Gasteiger charge is -2.50. The Labute approximate surface area is 169 Å². The van der Waals surface area contributed by atoms with E-state index in [9.17, 15) is 9.59 Å². The summed E-state index contributed by atoms with van der Waals surface area (Å²) >= 11 is 0. The molecule has 2 aliphatic heterocycles. The van der Waals surface area contributed by atoms with Gasteiger partial charge >= 0.3 is 0 Å². The number of aromatic nitrogens is 1. The molecule has 4 rings (SSSR count). The van der Waals surface area contributed by atoms with E-state index in [0.717, 1.165) is 12.8 Å². The van der Waals surface area contributed by atoms with Crippen molar-refractivity contribution in [3.05, 3.63) is 65.5 Å². The third kappa shape index (κ3) is 3.84. The van der Waals surface area contributed by atoms with Gasteiger partial charge in [0.1, 0.15) is 5.60 Å². The number of ether oxygens (including phenoxy) is 1. The molecule has 2 amide bonds. The van der Waals surface area contributed by atoms with E-state index in [-0.39, 0.29) is 17.4 Å². The highest BCUT2D eigenvalue weighted by Crippen LogP contribution is 2.42. The van der Waals surface area contributed by atoms with Crippen LogP contribution in [0.2, 0.25) is 0 Å². The first-order chi connectivity index (χ1) is 14.1. The second-order valence-corrected chi connectivity index (χ2v) is 7.53. The standard InChI is InChI=1S/C22H22N4O3/c23-13-16-2-1-3-18(12-16)21(28)26-14-22(15-26)19(7-11-29-22)6-10-25-20(27)17-4-8-24-9-5-17/h1-5,8-9,12,19H,6-7,10-11,14-15H2,(H,25,27). The molecule has 0 saturated carbocycles. The summed E-state index contributed by atoms with van der Waals surface area (Å²) in [6.07, 6.45) is 4.93. The van der Waals surface area contributed by atoms with Gasteiger partial charge in [-0.15, -0.1) is 0 Å². The molecule has 2 aromatic rings. The number of carbonyl (C=O) groups is 2. The van der Waals surface area contributed by atoms with E-state index in [0.29, 0.717) is 48.8 Å². The molecule has 1 atom stereocenters. The van der Waals surface area contributed by atoms with Crippen molar-refractivity contribution in [3.8, 4) is 6.07 Å². The van der Waals surface area contributed by atoms with E-state index >= 15 is 0 Å². The minimum absolute atomic E-state index is 0.0760. The Hall–Kier alpha value is -3.24. The molecule has 1 unspecified atom stereocenters. The topological polar surface area (TPSA) is 95.3 Å². The third-order valence-electron chi connectivity index (χ3n) is 5.76. The van der Waals surface area contributed by atoms with Crippen LogP contribution in [0.1, 0.15) is 39.1 Å². The van der Waals surface area contributed by atoms with Gasteiger partial charge in [0.2, 0.25) is 0 Å². The minimum atomic E-state index is -0.316. The van der Waals surface area contributed by atoms with Crippen LogP contribution in [0.4, 0.5) is 0 Å². The first-order valence-electron chi connectivity index (χ1n) is 9.73. The monoisotopic (exact) mass is 390 g/mol. The van der Waals surface area contributed by atoms with Crippen LogP contribution in [0.5, 0.6) is 0 Å². The minimum Gasteiger partial charge on any atom is -0.371 e. The number of amides is 2. The van der Waals surface area contributed by atoms with Crippen molar-refractivity contribution in [1.82, 2.24) is 15.2 Å². The van der Waals surface area contributed by atoms with Gasteiger partial charge in [0.05, 0.1) is 24.7 Å². The first-order valence-corrected chi connectivity index (χ1v) is 9.73. The largest absolute Gasteiger partial charge is 0.371 e. The molecule has 0 aliphatic carbocycles. The molecule has 0 radical (unpaired) electrons. The molecule has 1 aromatic heterocycles. The molecular weight excluding hydrogens is 368 g/mol. The van der Waals surface area contributed by atoms with Gasteiger partial charge in [-0.05, 0) is 49.1 Å². The van der Waals surface area contributed by atoms with Gasteiger partial charge in [0.15, 0.2) is 0 Å². The lowest BCUT2D eigenvalue weighted by atomic mass is 9.78. The quantitative estimate of drug-likeness (QED) is 0.843. The molecule has 1 aromatic carbocycles. The smallest absolute Gasteiger partial charge is 0.254 e. The summed E-state index contributed by atoms with van der Waals surface area (Å²) in [4.78, 5) is 30.6. The van der Waals surface area contributed by atoms with Gasteiger partial charge in [-0.2, -0.15) is 5.26 Å². The van der Waals surface area contributed by atoms with Gasteiger partial charge in [0.25, 0.3) is 11.8 Å². The summed E-state index contributed by atoms with van der Waals surface area (Å²) in [6.45, 7) is 2.33. The van der Waals surface area contributed by atoms with Crippen molar-refractivity contribution in [1.29, 1.82) is 5.26 Å². The molecule has 148 valence electrons. The number of nitrogens with zero attached hydrogens (tertiary/aromatic N) is 3. The number of likely N-dealkylation sites (tertiary alicyclic amines) is 1. The molecule has 2 aliphatic rings. The van der Waals surface area contributed by atoms with Crippen molar-refractivity contribution in [2.75, 3.05) is 26.2 Å². The van der Waals surface area contributed by atoms with Crippen LogP contribution in [0, 0.1) is 17.2 Å². The highest BCUT2D eigenvalue weighted by atomic mass is 16.5. The van der Waals surface area contributed by atoms with Gasteiger partial charge in [0, 0.05) is 36.7 Å². The normalized spacial score (nSPS) is 19.4. The molecule has 2 saturated heterocycles. The molecular formula is C22H22N4O3. The summed E-state index contributed by atoms with van der Waals surface area (Å²) in [6, 6.07) is 12.2. The van der Waals surface area contributed by atoms with Crippen molar-refractivity contribution in [2.45, 2.75) is 18.4 Å². The first kappa shape index (κ1) is 19.1. The van der Waals surface area contributed by atoms with Crippen molar-refractivity contribution < 1.29 is 14.3 Å². The van der Waals surface area contributed by atoms with Gasteiger partial charge in [-0.3, -0.25) is 14.6 Å². The lowest BCUT2D eigenvalue weighted by molar-refractivity contribution is -0.117. The number of hydrogen-bond acceptors (Lipinski definition) is 5. The fraction of sp³-hybridized carbons (Fsp3) is 0.364. The van der Waals surface area contributed by atoms with E-state index < -0.39 is 0 Å². The predicted octanol–water partition coefficient (Wildman–Crippen LogP) is 2.00. The zero-order valence-corrected chi connectivity index (χ0v) is 16.0. The number of carbonyl (C=O) groups excluding carboxylic acids is 2. The number of pyridine rings is 1. The van der Waals surface area contributed by atoms with E-state index in [1.807, 2.05) is 0 Å². The second kappa shape index (κ2) is 8.02. The molecule has 1 N–H and O–H groups in total. The van der Waals surface area contributed by atoms with E-state index in [2.05, 4.69) is 16.4 Å². The molecule has 7 heteroatoms. The molecule has 3 heterocycles.